The van der Waals surface area contributed by atoms with Gasteiger partial charge in [0.05, 0.1) is 5.92 Å². The minimum Gasteiger partial charge on any atom is -0.341 e. The van der Waals surface area contributed by atoms with Crippen molar-refractivity contribution in [3.05, 3.63) is 18.0 Å². The van der Waals surface area contributed by atoms with Crippen molar-refractivity contribution in [3.8, 4) is 0 Å². The molecule has 0 unspecified atom stereocenters. The SMILES string of the molecule is O=C([C@@H]1CCCCn2nnnc21)N1C[C@H]2CC=CC[C@H]2C1. The molecule has 1 saturated heterocycles. The second kappa shape index (κ2) is 5.24. The van der Waals surface area contributed by atoms with Crippen LogP contribution in [0.2, 0.25) is 0 Å². The largest absolute Gasteiger partial charge is 0.341 e. The van der Waals surface area contributed by atoms with Gasteiger partial charge in [-0.05, 0) is 47.9 Å². The fourth-order valence-electron chi connectivity index (χ4n) is 4.01. The lowest BCUT2D eigenvalue weighted by Gasteiger charge is -2.21. The van der Waals surface area contributed by atoms with E-state index in [-0.39, 0.29) is 11.8 Å². The van der Waals surface area contributed by atoms with E-state index in [0.717, 1.165) is 57.6 Å². The first-order valence-electron chi connectivity index (χ1n) is 8.03. The first-order valence-corrected chi connectivity index (χ1v) is 8.03. The number of rotatable bonds is 1. The molecule has 1 fully saturated rings. The Morgan fingerprint density at radius 2 is 1.90 bits per heavy atom. The number of aromatic nitrogens is 4. The van der Waals surface area contributed by atoms with E-state index in [1.807, 2.05) is 4.68 Å². The number of carbonyl (C=O) groups excluding carboxylic acids is 1. The molecule has 0 spiro atoms. The third kappa shape index (κ3) is 2.26. The Kier molecular flexibility index (Phi) is 3.24. The number of amides is 1. The summed E-state index contributed by atoms with van der Waals surface area (Å²) in [5.41, 5.74) is 0. The zero-order valence-electron chi connectivity index (χ0n) is 12.2. The standard InChI is InChI=1S/C15H21N5O/c21-15(19-9-11-5-1-2-6-12(11)10-19)13-7-3-4-8-20-14(13)16-17-18-20/h1-2,11-13H,3-10H2/t11-,12+,13-/m1/s1. The molecule has 0 aromatic carbocycles. The molecule has 0 radical (unpaired) electrons. The van der Waals surface area contributed by atoms with Gasteiger partial charge in [-0.15, -0.1) is 5.10 Å². The van der Waals surface area contributed by atoms with Crippen LogP contribution >= 0.6 is 0 Å². The van der Waals surface area contributed by atoms with Crippen molar-refractivity contribution in [1.29, 1.82) is 0 Å². The van der Waals surface area contributed by atoms with Crippen LogP contribution in [0.1, 0.15) is 43.8 Å². The Labute approximate surface area is 124 Å². The Bertz CT molecular complexity index is 550. The topological polar surface area (TPSA) is 63.9 Å². The lowest BCUT2D eigenvalue weighted by molar-refractivity contribution is -0.132. The van der Waals surface area contributed by atoms with Crippen LogP contribution in [-0.2, 0) is 11.3 Å². The smallest absolute Gasteiger partial charge is 0.233 e. The molecule has 21 heavy (non-hydrogen) atoms. The van der Waals surface area contributed by atoms with Gasteiger partial charge >= 0.3 is 0 Å². The first kappa shape index (κ1) is 13.0. The number of nitrogens with zero attached hydrogens (tertiary/aromatic N) is 5. The van der Waals surface area contributed by atoms with Crippen LogP contribution < -0.4 is 0 Å². The summed E-state index contributed by atoms with van der Waals surface area (Å²) in [6.07, 6.45) is 9.76. The van der Waals surface area contributed by atoms with Crippen LogP contribution in [0.5, 0.6) is 0 Å². The van der Waals surface area contributed by atoms with Crippen LogP contribution in [-0.4, -0.2) is 44.1 Å². The highest BCUT2D eigenvalue weighted by molar-refractivity contribution is 5.83. The molecule has 0 N–H and O–H groups in total. The maximum absolute atomic E-state index is 13.0. The molecule has 1 aromatic rings. The molecule has 3 atom stereocenters. The van der Waals surface area contributed by atoms with Crippen LogP contribution in [0.15, 0.2) is 12.2 Å². The van der Waals surface area contributed by atoms with Crippen LogP contribution in [0.25, 0.3) is 0 Å². The molecule has 112 valence electrons. The number of hydrogen-bond acceptors (Lipinski definition) is 4. The summed E-state index contributed by atoms with van der Waals surface area (Å²) in [6, 6.07) is 0. The van der Waals surface area contributed by atoms with E-state index < -0.39 is 0 Å². The predicted octanol–water partition coefficient (Wildman–Crippen LogP) is 1.37. The van der Waals surface area contributed by atoms with Gasteiger partial charge in [0, 0.05) is 19.6 Å². The van der Waals surface area contributed by atoms with Gasteiger partial charge in [0.2, 0.25) is 5.91 Å². The van der Waals surface area contributed by atoms with Crippen molar-refractivity contribution < 1.29 is 4.79 Å². The number of likely N-dealkylation sites (tertiary alicyclic amines) is 1. The molecule has 6 heteroatoms. The van der Waals surface area contributed by atoms with Gasteiger partial charge in [0.1, 0.15) is 0 Å². The maximum Gasteiger partial charge on any atom is 0.233 e. The normalized spacial score (nSPS) is 31.6. The Hall–Kier alpha value is -1.72. The summed E-state index contributed by atoms with van der Waals surface area (Å²) in [7, 11) is 0. The zero-order valence-corrected chi connectivity index (χ0v) is 12.2. The first-order chi connectivity index (χ1) is 10.3. The molecule has 3 aliphatic rings. The third-order valence-corrected chi connectivity index (χ3v) is 5.21. The second-order valence-corrected chi connectivity index (χ2v) is 6.51. The molecule has 0 bridgehead atoms. The highest BCUT2D eigenvalue weighted by Gasteiger charge is 2.39. The summed E-state index contributed by atoms with van der Waals surface area (Å²) >= 11 is 0. The fourth-order valence-corrected chi connectivity index (χ4v) is 4.01. The monoisotopic (exact) mass is 287 g/mol. The number of carbonyl (C=O) groups is 1. The fraction of sp³-hybridized carbons (Fsp3) is 0.733. The molecule has 4 rings (SSSR count). The summed E-state index contributed by atoms with van der Waals surface area (Å²) in [5.74, 6) is 2.17. The summed E-state index contributed by atoms with van der Waals surface area (Å²) < 4.78 is 1.82. The molecular formula is C15H21N5O. The lowest BCUT2D eigenvalue weighted by Crippen LogP contribution is -2.34. The molecule has 6 nitrogen and oxygen atoms in total. The minimum absolute atomic E-state index is 0.143. The molecule has 1 aliphatic carbocycles. The predicted molar refractivity (Wildman–Crippen MR) is 76.3 cm³/mol. The molecule has 1 aromatic heterocycles. The quantitative estimate of drug-likeness (QED) is 0.732. The number of hydrogen-bond donors (Lipinski definition) is 0. The maximum atomic E-state index is 13.0. The summed E-state index contributed by atoms with van der Waals surface area (Å²) in [5, 5.41) is 11.9. The van der Waals surface area contributed by atoms with Gasteiger partial charge in [0.25, 0.3) is 0 Å². The number of allylic oxidation sites excluding steroid dienone is 2. The number of tetrazole rings is 1. The van der Waals surface area contributed by atoms with Crippen LogP contribution in [0.3, 0.4) is 0 Å². The molecule has 3 heterocycles. The third-order valence-electron chi connectivity index (χ3n) is 5.21. The van der Waals surface area contributed by atoms with Gasteiger partial charge < -0.3 is 4.90 Å². The van der Waals surface area contributed by atoms with Gasteiger partial charge in [-0.25, -0.2) is 4.68 Å². The summed E-state index contributed by atoms with van der Waals surface area (Å²) in [4.78, 5) is 15.0. The molecule has 2 aliphatic heterocycles. The van der Waals surface area contributed by atoms with E-state index in [9.17, 15) is 4.79 Å². The summed E-state index contributed by atoms with van der Waals surface area (Å²) in [6.45, 7) is 2.65. The Morgan fingerprint density at radius 1 is 1.14 bits per heavy atom. The van der Waals surface area contributed by atoms with E-state index in [4.69, 9.17) is 0 Å². The van der Waals surface area contributed by atoms with Gasteiger partial charge in [0.15, 0.2) is 5.82 Å². The van der Waals surface area contributed by atoms with Crippen molar-refractivity contribution in [3.63, 3.8) is 0 Å². The highest BCUT2D eigenvalue weighted by atomic mass is 16.2. The van der Waals surface area contributed by atoms with Crippen molar-refractivity contribution in [1.82, 2.24) is 25.1 Å². The van der Waals surface area contributed by atoms with E-state index in [1.165, 1.54) is 0 Å². The molecule has 0 saturated carbocycles. The Balaban J connectivity index is 1.53. The average molecular weight is 287 g/mol. The average Bonchev–Trinajstić information content (AvgIpc) is 3.09. The van der Waals surface area contributed by atoms with Gasteiger partial charge in [-0.3, -0.25) is 4.79 Å². The van der Waals surface area contributed by atoms with Crippen molar-refractivity contribution in [2.24, 2.45) is 11.8 Å². The van der Waals surface area contributed by atoms with E-state index >= 15 is 0 Å². The van der Waals surface area contributed by atoms with Crippen molar-refractivity contribution in [2.45, 2.75) is 44.6 Å². The van der Waals surface area contributed by atoms with E-state index in [0.29, 0.717) is 11.8 Å². The number of fused-ring (bicyclic) bond motifs is 2. The Morgan fingerprint density at radius 3 is 2.67 bits per heavy atom. The molecule has 1 amide bonds. The zero-order chi connectivity index (χ0) is 14.2. The molecular weight excluding hydrogens is 266 g/mol. The van der Waals surface area contributed by atoms with E-state index in [2.05, 4.69) is 32.6 Å². The van der Waals surface area contributed by atoms with Crippen LogP contribution in [0.4, 0.5) is 0 Å². The van der Waals surface area contributed by atoms with Crippen molar-refractivity contribution in [2.75, 3.05) is 13.1 Å². The second-order valence-electron chi connectivity index (χ2n) is 6.51. The number of aryl methyl sites for hydroxylation is 1. The van der Waals surface area contributed by atoms with Gasteiger partial charge in [-0.2, -0.15) is 0 Å². The van der Waals surface area contributed by atoms with Crippen molar-refractivity contribution >= 4 is 5.91 Å². The van der Waals surface area contributed by atoms with E-state index in [1.54, 1.807) is 0 Å². The van der Waals surface area contributed by atoms with Gasteiger partial charge in [-0.1, -0.05) is 18.6 Å². The van der Waals surface area contributed by atoms with Crippen LogP contribution in [0, 0.1) is 11.8 Å². The lowest BCUT2D eigenvalue weighted by atomic mass is 9.86. The highest BCUT2D eigenvalue weighted by Crippen LogP contribution is 2.35. The minimum atomic E-state index is -0.143.